The third kappa shape index (κ3) is 3.64. The SMILES string of the molecule is Cc1nc(C)n(C[C@H]2CCCN([C@H](C(N)=O)c3ccccc3)C2)n1. The Morgan fingerprint density at radius 3 is 2.71 bits per heavy atom. The molecule has 0 aliphatic carbocycles. The van der Waals surface area contributed by atoms with Crippen LogP contribution in [0.3, 0.4) is 0 Å². The summed E-state index contributed by atoms with van der Waals surface area (Å²) in [4.78, 5) is 18.7. The predicted molar refractivity (Wildman–Crippen MR) is 92.2 cm³/mol. The fraction of sp³-hybridized carbons (Fsp3) is 0.500. The first kappa shape index (κ1) is 16.6. The topological polar surface area (TPSA) is 77.0 Å². The second kappa shape index (κ2) is 7.13. The van der Waals surface area contributed by atoms with E-state index in [-0.39, 0.29) is 11.9 Å². The van der Waals surface area contributed by atoms with Gasteiger partial charge in [-0.3, -0.25) is 9.69 Å². The van der Waals surface area contributed by atoms with Gasteiger partial charge in [0.2, 0.25) is 5.91 Å². The van der Waals surface area contributed by atoms with Crippen LogP contribution in [0.5, 0.6) is 0 Å². The minimum Gasteiger partial charge on any atom is -0.368 e. The molecule has 2 N–H and O–H groups in total. The van der Waals surface area contributed by atoms with Gasteiger partial charge in [-0.2, -0.15) is 5.10 Å². The molecule has 1 saturated heterocycles. The van der Waals surface area contributed by atoms with Crippen LogP contribution in [0.15, 0.2) is 30.3 Å². The van der Waals surface area contributed by atoms with Crippen LogP contribution in [0.1, 0.15) is 36.1 Å². The van der Waals surface area contributed by atoms with Gasteiger partial charge in [0, 0.05) is 13.1 Å². The molecular formula is C18H25N5O. The highest BCUT2D eigenvalue weighted by Crippen LogP contribution is 2.27. The van der Waals surface area contributed by atoms with Gasteiger partial charge in [0.05, 0.1) is 0 Å². The summed E-state index contributed by atoms with van der Waals surface area (Å²) in [5.74, 6) is 1.91. The number of aromatic nitrogens is 3. The summed E-state index contributed by atoms with van der Waals surface area (Å²) in [6, 6.07) is 9.46. The fourth-order valence-electron chi connectivity index (χ4n) is 3.65. The number of hydrogen-bond acceptors (Lipinski definition) is 4. The van der Waals surface area contributed by atoms with Gasteiger partial charge in [0.25, 0.3) is 0 Å². The van der Waals surface area contributed by atoms with Crippen molar-refractivity contribution in [3.05, 3.63) is 47.5 Å². The van der Waals surface area contributed by atoms with E-state index in [1.54, 1.807) is 0 Å². The zero-order chi connectivity index (χ0) is 17.1. The minimum atomic E-state index is -0.354. The molecule has 1 fully saturated rings. The standard InChI is InChI=1S/C18H25N5O/c1-13-20-14(2)23(21-13)12-15-7-6-10-22(11-15)17(18(19)24)16-8-4-3-5-9-16/h3-5,8-9,15,17H,6-7,10-12H2,1-2H3,(H2,19,24)/t15-,17-/m0/s1. The molecular weight excluding hydrogens is 302 g/mol. The van der Waals surface area contributed by atoms with Gasteiger partial charge >= 0.3 is 0 Å². The number of benzene rings is 1. The molecule has 1 aromatic heterocycles. The first-order chi connectivity index (χ1) is 11.5. The summed E-state index contributed by atoms with van der Waals surface area (Å²) in [5.41, 5.74) is 6.69. The lowest BCUT2D eigenvalue weighted by Crippen LogP contribution is -2.44. The third-order valence-corrected chi connectivity index (χ3v) is 4.69. The summed E-state index contributed by atoms with van der Waals surface area (Å²) >= 11 is 0. The molecule has 2 atom stereocenters. The van der Waals surface area contributed by atoms with Crippen molar-refractivity contribution in [2.75, 3.05) is 13.1 Å². The van der Waals surface area contributed by atoms with Crippen LogP contribution in [0, 0.1) is 19.8 Å². The van der Waals surface area contributed by atoms with Crippen molar-refractivity contribution < 1.29 is 4.79 Å². The number of nitrogens with zero attached hydrogens (tertiary/aromatic N) is 4. The van der Waals surface area contributed by atoms with Gasteiger partial charge < -0.3 is 5.73 Å². The Morgan fingerprint density at radius 2 is 2.08 bits per heavy atom. The fourth-order valence-corrected chi connectivity index (χ4v) is 3.65. The van der Waals surface area contributed by atoms with Crippen LogP contribution < -0.4 is 5.73 Å². The molecule has 0 spiro atoms. The summed E-state index contributed by atoms with van der Waals surface area (Å²) in [6.07, 6.45) is 2.20. The highest BCUT2D eigenvalue weighted by molar-refractivity contribution is 5.81. The maximum atomic E-state index is 12.1. The monoisotopic (exact) mass is 327 g/mol. The maximum absolute atomic E-state index is 12.1. The molecule has 0 unspecified atom stereocenters. The number of carbonyl (C=O) groups excluding carboxylic acids is 1. The zero-order valence-corrected chi connectivity index (χ0v) is 14.4. The molecule has 128 valence electrons. The number of likely N-dealkylation sites (tertiary alicyclic amines) is 1. The van der Waals surface area contributed by atoms with E-state index < -0.39 is 0 Å². The second-order valence-electron chi connectivity index (χ2n) is 6.61. The van der Waals surface area contributed by atoms with Crippen LogP contribution in [0.25, 0.3) is 0 Å². The molecule has 2 heterocycles. The van der Waals surface area contributed by atoms with Gasteiger partial charge in [0.15, 0.2) is 0 Å². The number of rotatable bonds is 5. The van der Waals surface area contributed by atoms with E-state index in [9.17, 15) is 4.79 Å². The molecule has 0 saturated carbocycles. The molecule has 1 aromatic carbocycles. The molecule has 6 heteroatoms. The average Bonchev–Trinajstić information content (AvgIpc) is 2.86. The number of primary amides is 1. The van der Waals surface area contributed by atoms with Crippen molar-refractivity contribution in [2.45, 2.75) is 39.3 Å². The number of amides is 1. The van der Waals surface area contributed by atoms with Crippen LogP contribution in [-0.2, 0) is 11.3 Å². The average molecular weight is 327 g/mol. The van der Waals surface area contributed by atoms with Crippen LogP contribution in [-0.4, -0.2) is 38.7 Å². The highest BCUT2D eigenvalue weighted by atomic mass is 16.1. The zero-order valence-electron chi connectivity index (χ0n) is 14.4. The molecule has 2 aromatic rings. The lowest BCUT2D eigenvalue weighted by molar-refractivity contribution is -0.124. The number of nitrogens with two attached hydrogens (primary N) is 1. The van der Waals surface area contributed by atoms with E-state index in [4.69, 9.17) is 5.73 Å². The maximum Gasteiger partial charge on any atom is 0.239 e. The number of carbonyl (C=O) groups is 1. The minimum absolute atomic E-state index is 0.283. The molecule has 3 rings (SSSR count). The number of hydrogen-bond donors (Lipinski definition) is 1. The Morgan fingerprint density at radius 1 is 1.33 bits per heavy atom. The Balaban J connectivity index is 1.74. The quantitative estimate of drug-likeness (QED) is 0.909. The van der Waals surface area contributed by atoms with Crippen LogP contribution >= 0.6 is 0 Å². The molecule has 6 nitrogen and oxygen atoms in total. The predicted octanol–water partition coefficient (Wildman–Crippen LogP) is 1.83. The van der Waals surface area contributed by atoms with Crippen molar-refractivity contribution in [2.24, 2.45) is 11.7 Å². The first-order valence-electron chi connectivity index (χ1n) is 8.51. The van der Waals surface area contributed by atoms with E-state index in [2.05, 4.69) is 15.0 Å². The summed E-state index contributed by atoms with van der Waals surface area (Å²) in [7, 11) is 0. The van der Waals surface area contributed by atoms with Crippen molar-refractivity contribution in [1.82, 2.24) is 19.7 Å². The van der Waals surface area contributed by atoms with Crippen LogP contribution in [0.2, 0.25) is 0 Å². The normalized spacial score (nSPS) is 20.0. The smallest absolute Gasteiger partial charge is 0.239 e. The summed E-state index contributed by atoms with van der Waals surface area (Å²) in [5, 5.41) is 4.46. The van der Waals surface area contributed by atoms with Crippen molar-refractivity contribution in [3.8, 4) is 0 Å². The number of piperidine rings is 1. The third-order valence-electron chi connectivity index (χ3n) is 4.69. The summed E-state index contributed by atoms with van der Waals surface area (Å²) < 4.78 is 1.98. The lowest BCUT2D eigenvalue weighted by atomic mass is 9.94. The van der Waals surface area contributed by atoms with E-state index >= 15 is 0 Å². The largest absolute Gasteiger partial charge is 0.368 e. The van der Waals surface area contributed by atoms with Gasteiger partial charge in [0.1, 0.15) is 17.7 Å². The first-order valence-corrected chi connectivity index (χ1v) is 8.51. The summed E-state index contributed by atoms with van der Waals surface area (Å²) in [6.45, 7) is 6.48. The van der Waals surface area contributed by atoms with E-state index in [0.717, 1.165) is 49.7 Å². The Bertz CT molecular complexity index is 697. The Kier molecular flexibility index (Phi) is 4.94. The molecule has 1 amide bonds. The van der Waals surface area contributed by atoms with Gasteiger partial charge in [-0.1, -0.05) is 30.3 Å². The van der Waals surface area contributed by atoms with Crippen molar-refractivity contribution in [3.63, 3.8) is 0 Å². The Labute approximate surface area is 142 Å². The molecule has 1 aliphatic rings. The number of aryl methyl sites for hydroxylation is 2. The Hall–Kier alpha value is -2.21. The van der Waals surface area contributed by atoms with Gasteiger partial charge in [-0.25, -0.2) is 9.67 Å². The lowest BCUT2D eigenvalue weighted by Gasteiger charge is -2.37. The molecule has 0 bridgehead atoms. The van der Waals surface area contributed by atoms with E-state index in [1.165, 1.54) is 0 Å². The van der Waals surface area contributed by atoms with Crippen LogP contribution in [0.4, 0.5) is 0 Å². The van der Waals surface area contributed by atoms with E-state index in [0.29, 0.717) is 5.92 Å². The van der Waals surface area contributed by atoms with Gasteiger partial charge in [-0.05, 0) is 44.7 Å². The second-order valence-corrected chi connectivity index (χ2v) is 6.61. The molecule has 0 radical (unpaired) electrons. The molecule has 1 aliphatic heterocycles. The highest BCUT2D eigenvalue weighted by Gasteiger charge is 2.30. The van der Waals surface area contributed by atoms with E-state index in [1.807, 2.05) is 48.9 Å². The van der Waals surface area contributed by atoms with Gasteiger partial charge in [-0.15, -0.1) is 0 Å². The van der Waals surface area contributed by atoms with Crippen molar-refractivity contribution in [1.29, 1.82) is 0 Å². The van der Waals surface area contributed by atoms with Crippen molar-refractivity contribution >= 4 is 5.91 Å². The molecule has 24 heavy (non-hydrogen) atoms.